The van der Waals surface area contributed by atoms with Crippen LogP contribution in [0.1, 0.15) is 43.5 Å². The second kappa shape index (κ2) is 5.54. The lowest BCUT2D eigenvalue weighted by molar-refractivity contribution is 0.0941. The fourth-order valence-corrected chi connectivity index (χ4v) is 3.14. The maximum atomic E-state index is 12.2. The van der Waals surface area contributed by atoms with Gasteiger partial charge in [-0.3, -0.25) is 9.69 Å². The van der Waals surface area contributed by atoms with Gasteiger partial charge in [0, 0.05) is 28.5 Å². The highest BCUT2D eigenvalue weighted by Crippen LogP contribution is 2.28. The summed E-state index contributed by atoms with van der Waals surface area (Å²) in [5.74, 6) is 0.227. The van der Waals surface area contributed by atoms with Crippen LogP contribution in [0.3, 0.4) is 0 Å². The number of hydrogen-bond donors (Lipinski definition) is 0. The van der Waals surface area contributed by atoms with E-state index in [4.69, 9.17) is 0 Å². The lowest BCUT2D eigenvalue weighted by Crippen LogP contribution is -2.39. The average Bonchev–Trinajstić information content (AvgIpc) is 2.66. The van der Waals surface area contributed by atoms with E-state index in [1.807, 2.05) is 24.3 Å². The Kier molecular flexibility index (Phi) is 4.23. The van der Waals surface area contributed by atoms with Gasteiger partial charge in [0.1, 0.15) is 0 Å². The minimum atomic E-state index is 0.227. The minimum absolute atomic E-state index is 0.227. The molecule has 0 spiro atoms. The Bertz CT molecular complexity index is 442. The highest BCUT2D eigenvalue weighted by atomic mass is 79.9. The van der Waals surface area contributed by atoms with Crippen molar-refractivity contribution < 1.29 is 4.79 Å². The smallest absolute Gasteiger partial charge is 0.165 e. The molecule has 1 fully saturated rings. The number of likely N-dealkylation sites (tertiary alicyclic amines) is 1. The molecule has 18 heavy (non-hydrogen) atoms. The summed E-state index contributed by atoms with van der Waals surface area (Å²) >= 11 is 3.44. The van der Waals surface area contributed by atoms with E-state index in [0.717, 1.165) is 23.1 Å². The number of nitrogens with zero attached hydrogens (tertiary/aromatic N) is 1. The van der Waals surface area contributed by atoms with Crippen LogP contribution in [-0.2, 0) is 0 Å². The van der Waals surface area contributed by atoms with E-state index >= 15 is 0 Å². The molecule has 98 valence electrons. The van der Waals surface area contributed by atoms with Crippen LogP contribution in [0.15, 0.2) is 28.7 Å². The molecule has 0 aromatic heterocycles. The summed E-state index contributed by atoms with van der Waals surface area (Å²) in [7, 11) is 0. The van der Waals surface area contributed by atoms with E-state index in [1.54, 1.807) is 0 Å². The van der Waals surface area contributed by atoms with Crippen molar-refractivity contribution in [1.82, 2.24) is 4.90 Å². The number of ketones is 1. The number of rotatable bonds is 4. The molecule has 1 heterocycles. The summed E-state index contributed by atoms with van der Waals surface area (Å²) in [5, 5.41) is 0. The normalized spacial score (nSPS) is 19.1. The van der Waals surface area contributed by atoms with E-state index < -0.39 is 0 Å². The standard InChI is InChI=1S/C15H20BrNO/c1-15(2)9-5-10-17(15)11-8-14(18)12-6-3-4-7-13(12)16/h3-4,6-7H,5,8-11H2,1-2H3. The maximum Gasteiger partial charge on any atom is 0.165 e. The highest BCUT2D eigenvalue weighted by Gasteiger charge is 2.31. The van der Waals surface area contributed by atoms with Gasteiger partial charge in [-0.25, -0.2) is 0 Å². The number of carbonyl (C=O) groups excluding carboxylic acids is 1. The van der Waals surface area contributed by atoms with Gasteiger partial charge in [-0.15, -0.1) is 0 Å². The van der Waals surface area contributed by atoms with Crippen LogP contribution in [0, 0.1) is 0 Å². The predicted octanol–water partition coefficient (Wildman–Crippen LogP) is 3.90. The third kappa shape index (κ3) is 3.01. The summed E-state index contributed by atoms with van der Waals surface area (Å²) in [4.78, 5) is 14.6. The van der Waals surface area contributed by atoms with E-state index in [0.29, 0.717) is 6.42 Å². The van der Waals surface area contributed by atoms with Crippen molar-refractivity contribution in [2.75, 3.05) is 13.1 Å². The maximum absolute atomic E-state index is 12.2. The number of carbonyl (C=O) groups is 1. The molecule has 1 aliphatic heterocycles. The molecule has 0 unspecified atom stereocenters. The molecule has 0 bridgehead atoms. The summed E-state index contributed by atoms with van der Waals surface area (Å²) < 4.78 is 0.899. The van der Waals surface area contributed by atoms with Crippen LogP contribution >= 0.6 is 15.9 Å². The summed E-state index contributed by atoms with van der Waals surface area (Å²) in [6.45, 7) is 6.52. The van der Waals surface area contributed by atoms with Gasteiger partial charge in [0.05, 0.1) is 0 Å². The van der Waals surface area contributed by atoms with Crippen LogP contribution in [0.4, 0.5) is 0 Å². The van der Waals surface area contributed by atoms with Crippen molar-refractivity contribution in [1.29, 1.82) is 0 Å². The van der Waals surface area contributed by atoms with Gasteiger partial charge in [0.15, 0.2) is 5.78 Å². The fraction of sp³-hybridized carbons (Fsp3) is 0.533. The number of hydrogen-bond acceptors (Lipinski definition) is 2. The minimum Gasteiger partial charge on any atom is -0.298 e. The Morgan fingerprint density at radius 3 is 2.72 bits per heavy atom. The monoisotopic (exact) mass is 309 g/mol. The molecule has 1 saturated heterocycles. The van der Waals surface area contributed by atoms with Crippen LogP contribution in [0.2, 0.25) is 0 Å². The molecule has 0 atom stereocenters. The Morgan fingerprint density at radius 2 is 2.11 bits per heavy atom. The second-order valence-electron chi connectivity index (χ2n) is 5.56. The second-order valence-corrected chi connectivity index (χ2v) is 6.41. The molecule has 0 saturated carbocycles. The fourth-order valence-electron chi connectivity index (χ4n) is 2.64. The zero-order valence-electron chi connectivity index (χ0n) is 11.1. The van der Waals surface area contributed by atoms with Crippen LogP contribution in [-0.4, -0.2) is 29.3 Å². The molecule has 1 aromatic carbocycles. The summed E-state index contributed by atoms with van der Waals surface area (Å²) in [6, 6.07) is 7.66. The molecule has 0 amide bonds. The van der Waals surface area contributed by atoms with Gasteiger partial charge in [0.2, 0.25) is 0 Å². The number of benzene rings is 1. The van der Waals surface area contributed by atoms with E-state index in [-0.39, 0.29) is 11.3 Å². The zero-order chi connectivity index (χ0) is 13.2. The van der Waals surface area contributed by atoms with Gasteiger partial charge in [-0.1, -0.05) is 34.1 Å². The lowest BCUT2D eigenvalue weighted by atomic mass is 10.0. The highest BCUT2D eigenvalue weighted by molar-refractivity contribution is 9.10. The molecule has 1 aliphatic rings. The largest absolute Gasteiger partial charge is 0.298 e. The van der Waals surface area contributed by atoms with Gasteiger partial charge in [-0.05, 0) is 39.3 Å². The SMILES string of the molecule is CC1(C)CCCN1CCC(=O)c1ccccc1Br. The van der Waals surface area contributed by atoms with Gasteiger partial charge in [0.25, 0.3) is 0 Å². The van der Waals surface area contributed by atoms with Crippen molar-refractivity contribution in [2.45, 2.75) is 38.6 Å². The third-order valence-corrected chi connectivity index (χ3v) is 4.55. The number of halogens is 1. The van der Waals surface area contributed by atoms with Crippen molar-refractivity contribution in [3.05, 3.63) is 34.3 Å². The quantitative estimate of drug-likeness (QED) is 0.786. The lowest BCUT2D eigenvalue weighted by Gasteiger charge is -2.31. The van der Waals surface area contributed by atoms with E-state index in [1.165, 1.54) is 12.8 Å². The molecule has 2 nitrogen and oxygen atoms in total. The molecule has 3 heteroatoms. The Labute approximate surface area is 117 Å². The van der Waals surface area contributed by atoms with Crippen molar-refractivity contribution in [3.63, 3.8) is 0 Å². The zero-order valence-corrected chi connectivity index (χ0v) is 12.7. The van der Waals surface area contributed by atoms with Crippen molar-refractivity contribution in [2.24, 2.45) is 0 Å². The van der Waals surface area contributed by atoms with Crippen molar-refractivity contribution in [3.8, 4) is 0 Å². The molecule has 2 rings (SSSR count). The topological polar surface area (TPSA) is 20.3 Å². The first-order chi connectivity index (χ1) is 8.50. The Morgan fingerprint density at radius 1 is 1.39 bits per heavy atom. The first kappa shape index (κ1) is 13.8. The predicted molar refractivity (Wildman–Crippen MR) is 78.0 cm³/mol. The average molecular weight is 310 g/mol. The van der Waals surface area contributed by atoms with Crippen molar-refractivity contribution >= 4 is 21.7 Å². The Hall–Kier alpha value is -0.670. The van der Waals surface area contributed by atoms with Gasteiger partial charge in [-0.2, -0.15) is 0 Å². The first-order valence-corrected chi connectivity index (χ1v) is 7.33. The van der Waals surface area contributed by atoms with Crippen LogP contribution in [0.25, 0.3) is 0 Å². The van der Waals surface area contributed by atoms with E-state index in [2.05, 4.69) is 34.7 Å². The summed E-state index contributed by atoms with van der Waals surface area (Å²) in [5.41, 5.74) is 1.06. The molecule has 0 aliphatic carbocycles. The molecule has 1 aromatic rings. The summed E-state index contributed by atoms with van der Waals surface area (Å²) in [6.07, 6.45) is 3.08. The Balaban J connectivity index is 1.95. The van der Waals surface area contributed by atoms with E-state index in [9.17, 15) is 4.79 Å². The van der Waals surface area contributed by atoms with Gasteiger partial charge < -0.3 is 0 Å². The third-order valence-electron chi connectivity index (χ3n) is 3.86. The molecule has 0 radical (unpaired) electrons. The first-order valence-electron chi connectivity index (χ1n) is 6.53. The molecular formula is C15H20BrNO. The number of Topliss-reactive ketones (excluding diaryl/α,β-unsaturated/α-hetero) is 1. The molecular weight excluding hydrogens is 290 g/mol. The van der Waals surface area contributed by atoms with Crippen LogP contribution in [0.5, 0.6) is 0 Å². The van der Waals surface area contributed by atoms with Gasteiger partial charge >= 0.3 is 0 Å². The molecule has 0 N–H and O–H groups in total. The van der Waals surface area contributed by atoms with Crippen LogP contribution < -0.4 is 0 Å².